The molecular formula is C7H9N3OS. The number of dihydropyridines is 1. The zero-order valence-corrected chi connectivity index (χ0v) is 7.15. The summed E-state index contributed by atoms with van der Waals surface area (Å²) in [6.45, 7) is 0.753. The highest BCUT2D eigenvalue weighted by Gasteiger charge is 2.27. The summed E-state index contributed by atoms with van der Waals surface area (Å²) < 4.78 is 0. The van der Waals surface area contributed by atoms with Crippen LogP contribution in [0.2, 0.25) is 0 Å². The van der Waals surface area contributed by atoms with Crippen molar-refractivity contribution in [3.8, 4) is 0 Å². The Bertz CT molecular complexity index is 284. The molecule has 2 aliphatic rings. The first-order chi connectivity index (χ1) is 5.77. The SMILES string of the molecule is NC(=O)C1NC2=C(C=CNC2)S1. The van der Waals surface area contributed by atoms with E-state index in [9.17, 15) is 4.79 Å². The first-order valence-electron chi connectivity index (χ1n) is 3.63. The Balaban J connectivity index is 2.12. The van der Waals surface area contributed by atoms with Gasteiger partial charge in [0, 0.05) is 10.6 Å². The number of allylic oxidation sites excluding steroid dienone is 1. The lowest BCUT2D eigenvalue weighted by Crippen LogP contribution is -2.36. The molecule has 0 bridgehead atoms. The van der Waals surface area contributed by atoms with E-state index < -0.39 is 0 Å². The molecule has 0 aromatic carbocycles. The van der Waals surface area contributed by atoms with Crippen molar-refractivity contribution in [2.75, 3.05) is 6.54 Å². The van der Waals surface area contributed by atoms with Crippen LogP contribution in [0.3, 0.4) is 0 Å². The van der Waals surface area contributed by atoms with E-state index in [1.807, 2.05) is 12.3 Å². The number of carbonyl (C=O) groups is 1. The third-order valence-corrected chi connectivity index (χ3v) is 2.96. The van der Waals surface area contributed by atoms with Gasteiger partial charge in [0.2, 0.25) is 0 Å². The number of primary amides is 1. The molecule has 4 N–H and O–H groups in total. The van der Waals surface area contributed by atoms with Crippen molar-refractivity contribution in [2.24, 2.45) is 5.73 Å². The quantitative estimate of drug-likeness (QED) is 0.511. The number of nitrogens with one attached hydrogen (secondary N) is 2. The van der Waals surface area contributed by atoms with Crippen molar-refractivity contribution in [1.82, 2.24) is 10.6 Å². The molecule has 0 radical (unpaired) electrons. The maximum atomic E-state index is 10.8. The Morgan fingerprint density at radius 2 is 2.58 bits per heavy atom. The smallest absolute Gasteiger partial charge is 0.250 e. The van der Waals surface area contributed by atoms with Crippen LogP contribution in [0, 0.1) is 0 Å². The van der Waals surface area contributed by atoms with Gasteiger partial charge < -0.3 is 16.4 Å². The van der Waals surface area contributed by atoms with Crippen molar-refractivity contribution in [3.63, 3.8) is 0 Å². The number of hydrogen-bond acceptors (Lipinski definition) is 4. The summed E-state index contributed by atoms with van der Waals surface area (Å²) in [5.74, 6) is -0.317. The van der Waals surface area contributed by atoms with Gasteiger partial charge in [0.1, 0.15) is 0 Å². The number of hydrogen-bond donors (Lipinski definition) is 3. The molecule has 64 valence electrons. The highest BCUT2D eigenvalue weighted by atomic mass is 32.2. The molecule has 0 aromatic rings. The van der Waals surface area contributed by atoms with E-state index in [0.717, 1.165) is 17.1 Å². The first kappa shape index (κ1) is 7.54. The van der Waals surface area contributed by atoms with Gasteiger partial charge in [-0.15, -0.1) is 0 Å². The molecule has 1 amide bonds. The van der Waals surface area contributed by atoms with E-state index in [-0.39, 0.29) is 11.3 Å². The highest BCUT2D eigenvalue weighted by Crippen LogP contribution is 2.31. The van der Waals surface area contributed by atoms with Crippen LogP contribution in [-0.4, -0.2) is 17.8 Å². The summed E-state index contributed by atoms with van der Waals surface area (Å²) in [6, 6.07) is 0. The zero-order valence-electron chi connectivity index (χ0n) is 6.33. The largest absolute Gasteiger partial charge is 0.385 e. The minimum Gasteiger partial charge on any atom is -0.385 e. The molecule has 2 aliphatic heterocycles. The molecule has 2 rings (SSSR count). The molecule has 0 aromatic heterocycles. The van der Waals surface area contributed by atoms with Crippen LogP contribution < -0.4 is 16.4 Å². The number of amides is 1. The topological polar surface area (TPSA) is 67.2 Å². The summed E-state index contributed by atoms with van der Waals surface area (Å²) in [5.41, 5.74) is 6.22. The molecule has 2 heterocycles. The number of thioether (sulfide) groups is 1. The molecule has 0 spiro atoms. The Kier molecular flexibility index (Phi) is 1.73. The fourth-order valence-corrected chi connectivity index (χ4v) is 2.15. The van der Waals surface area contributed by atoms with Gasteiger partial charge in [-0.3, -0.25) is 4.79 Å². The van der Waals surface area contributed by atoms with E-state index in [0.29, 0.717) is 0 Å². The van der Waals surface area contributed by atoms with Crippen LogP contribution in [0.4, 0.5) is 0 Å². The third kappa shape index (κ3) is 1.16. The molecule has 0 saturated heterocycles. The molecule has 1 atom stereocenters. The average molecular weight is 183 g/mol. The minimum absolute atomic E-state index is 0.292. The maximum absolute atomic E-state index is 10.8. The van der Waals surface area contributed by atoms with Gasteiger partial charge in [-0.05, 0) is 12.3 Å². The average Bonchev–Trinajstić information content (AvgIpc) is 2.46. The van der Waals surface area contributed by atoms with Crippen LogP contribution >= 0.6 is 11.8 Å². The van der Waals surface area contributed by atoms with Gasteiger partial charge in [-0.1, -0.05) is 11.8 Å². The molecule has 0 fully saturated rings. The van der Waals surface area contributed by atoms with Gasteiger partial charge >= 0.3 is 0 Å². The summed E-state index contributed by atoms with van der Waals surface area (Å²) in [4.78, 5) is 11.9. The molecule has 0 saturated carbocycles. The fraction of sp³-hybridized carbons (Fsp3) is 0.286. The van der Waals surface area contributed by atoms with Crippen LogP contribution in [0.5, 0.6) is 0 Å². The monoisotopic (exact) mass is 183 g/mol. The Morgan fingerprint density at radius 3 is 3.25 bits per heavy atom. The summed E-state index contributed by atoms with van der Waals surface area (Å²) >= 11 is 1.47. The van der Waals surface area contributed by atoms with Crippen LogP contribution in [-0.2, 0) is 4.79 Å². The molecular weight excluding hydrogens is 174 g/mol. The van der Waals surface area contributed by atoms with Crippen molar-refractivity contribution in [2.45, 2.75) is 5.37 Å². The van der Waals surface area contributed by atoms with Crippen molar-refractivity contribution in [3.05, 3.63) is 22.9 Å². The Morgan fingerprint density at radius 1 is 1.75 bits per heavy atom. The normalized spacial score (nSPS) is 26.2. The van der Waals surface area contributed by atoms with Crippen LogP contribution in [0.25, 0.3) is 0 Å². The minimum atomic E-state index is -0.317. The lowest BCUT2D eigenvalue weighted by Gasteiger charge is -2.09. The van der Waals surface area contributed by atoms with E-state index in [4.69, 9.17) is 5.73 Å². The summed E-state index contributed by atoms with van der Waals surface area (Å²) in [6.07, 6.45) is 3.82. The van der Waals surface area contributed by atoms with E-state index in [1.54, 1.807) is 0 Å². The summed E-state index contributed by atoms with van der Waals surface area (Å²) in [5, 5.41) is 5.80. The number of rotatable bonds is 1. The van der Waals surface area contributed by atoms with E-state index in [1.165, 1.54) is 11.8 Å². The van der Waals surface area contributed by atoms with Crippen molar-refractivity contribution >= 4 is 17.7 Å². The second-order valence-electron chi connectivity index (χ2n) is 2.60. The lowest BCUT2D eigenvalue weighted by molar-refractivity contribution is -0.117. The van der Waals surface area contributed by atoms with Gasteiger partial charge in [0.25, 0.3) is 5.91 Å². The predicted molar refractivity (Wildman–Crippen MR) is 47.9 cm³/mol. The first-order valence-corrected chi connectivity index (χ1v) is 4.51. The second kappa shape index (κ2) is 2.75. The zero-order chi connectivity index (χ0) is 8.55. The van der Waals surface area contributed by atoms with Crippen molar-refractivity contribution < 1.29 is 4.79 Å². The number of carbonyl (C=O) groups excluding carboxylic acids is 1. The molecule has 4 nitrogen and oxygen atoms in total. The van der Waals surface area contributed by atoms with Crippen molar-refractivity contribution in [1.29, 1.82) is 0 Å². The molecule has 5 heteroatoms. The van der Waals surface area contributed by atoms with Gasteiger partial charge in [0.15, 0.2) is 5.37 Å². The molecule has 0 aliphatic carbocycles. The van der Waals surface area contributed by atoms with E-state index >= 15 is 0 Å². The van der Waals surface area contributed by atoms with Gasteiger partial charge in [0.05, 0.1) is 6.54 Å². The Hall–Kier alpha value is -1.10. The molecule has 1 unspecified atom stereocenters. The molecule has 12 heavy (non-hydrogen) atoms. The third-order valence-electron chi connectivity index (χ3n) is 1.74. The number of nitrogens with two attached hydrogens (primary N) is 1. The second-order valence-corrected chi connectivity index (χ2v) is 3.75. The predicted octanol–water partition coefficient (Wildman–Crippen LogP) is -0.537. The van der Waals surface area contributed by atoms with E-state index in [2.05, 4.69) is 10.6 Å². The van der Waals surface area contributed by atoms with Gasteiger partial charge in [-0.25, -0.2) is 0 Å². The Labute approximate surface area is 74.3 Å². The van der Waals surface area contributed by atoms with Crippen LogP contribution in [0.15, 0.2) is 22.9 Å². The fourth-order valence-electron chi connectivity index (χ4n) is 1.16. The lowest BCUT2D eigenvalue weighted by atomic mass is 10.3. The van der Waals surface area contributed by atoms with Crippen LogP contribution in [0.1, 0.15) is 0 Å². The highest BCUT2D eigenvalue weighted by molar-refractivity contribution is 8.04. The van der Waals surface area contributed by atoms with Gasteiger partial charge in [-0.2, -0.15) is 0 Å². The summed E-state index contributed by atoms with van der Waals surface area (Å²) in [7, 11) is 0. The standard InChI is InChI=1S/C7H9N3OS/c8-6(11)7-10-4-3-9-2-1-5(4)12-7/h1-2,7,9-10H,3H2,(H2,8,11). The maximum Gasteiger partial charge on any atom is 0.250 e.